The van der Waals surface area contributed by atoms with E-state index in [1.165, 1.54) is 22.6 Å². The quantitative estimate of drug-likeness (QED) is 0.550. The monoisotopic (exact) mass is 356 g/mol. The Hall–Kier alpha value is -0.670. The van der Waals surface area contributed by atoms with Crippen LogP contribution < -0.4 is 0 Å². The second-order valence-corrected chi connectivity index (χ2v) is 4.09. The summed E-state index contributed by atoms with van der Waals surface area (Å²) in [5.41, 5.74) is -3.94. The maximum Gasteiger partial charge on any atom is 0.420 e. The van der Waals surface area contributed by atoms with Crippen LogP contribution in [0.15, 0.2) is 12.1 Å². The van der Waals surface area contributed by atoms with Crippen molar-refractivity contribution >= 4 is 22.6 Å². The van der Waals surface area contributed by atoms with E-state index in [2.05, 4.69) is 0 Å². The van der Waals surface area contributed by atoms with Crippen LogP contribution in [0.1, 0.15) is 11.1 Å². The van der Waals surface area contributed by atoms with E-state index in [-0.39, 0.29) is 3.57 Å². The lowest BCUT2D eigenvalue weighted by Crippen LogP contribution is -2.17. The fourth-order valence-electron chi connectivity index (χ4n) is 1.11. The second kappa shape index (κ2) is 3.97. The van der Waals surface area contributed by atoms with Gasteiger partial charge in [0.05, 0.1) is 5.56 Å². The molecule has 0 amide bonds. The first-order valence-electron chi connectivity index (χ1n) is 3.70. The summed E-state index contributed by atoms with van der Waals surface area (Å²) in [5, 5.41) is 8.95. The molecule has 0 saturated carbocycles. The molecule has 1 aromatic rings. The largest absolute Gasteiger partial charge is 0.507 e. The molecule has 0 unspecified atom stereocenters. The van der Waals surface area contributed by atoms with Gasteiger partial charge in [-0.3, -0.25) is 0 Å². The van der Waals surface area contributed by atoms with Crippen molar-refractivity contribution in [3.05, 3.63) is 26.8 Å². The van der Waals surface area contributed by atoms with Gasteiger partial charge < -0.3 is 5.11 Å². The fraction of sp³-hybridized carbons (Fsp3) is 0.250. The van der Waals surface area contributed by atoms with Crippen LogP contribution in [0, 0.1) is 3.57 Å². The smallest absolute Gasteiger partial charge is 0.420 e. The molecule has 0 aromatic heterocycles. The minimum atomic E-state index is -5.25. The Bertz CT molecular complexity index is 408. The maximum atomic E-state index is 12.3. The van der Waals surface area contributed by atoms with Crippen molar-refractivity contribution in [2.75, 3.05) is 0 Å². The summed E-state index contributed by atoms with van der Waals surface area (Å²) in [7, 11) is 0. The highest BCUT2D eigenvalue weighted by atomic mass is 127. The SMILES string of the molecule is Oc1cc(I)cc(C(F)(F)F)c1C(F)(F)F. The normalized spacial score (nSPS) is 12.9. The molecule has 0 aliphatic carbocycles. The number of halogens is 7. The molecular formula is C8H3F6IO. The molecule has 0 aliphatic rings. The number of hydrogen-bond acceptors (Lipinski definition) is 1. The number of rotatable bonds is 0. The number of hydrogen-bond donors (Lipinski definition) is 1. The van der Waals surface area contributed by atoms with Crippen molar-refractivity contribution in [3.63, 3.8) is 0 Å². The van der Waals surface area contributed by atoms with Crippen molar-refractivity contribution in [2.45, 2.75) is 12.4 Å². The highest BCUT2D eigenvalue weighted by molar-refractivity contribution is 14.1. The minimum Gasteiger partial charge on any atom is -0.507 e. The zero-order chi connectivity index (χ0) is 12.7. The van der Waals surface area contributed by atoms with Crippen LogP contribution in [0.3, 0.4) is 0 Å². The average Bonchev–Trinajstić information content (AvgIpc) is 1.97. The third kappa shape index (κ3) is 2.71. The molecule has 0 saturated heterocycles. The standard InChI is InChI=1S/C8H3F6IO/c9-7(10,11)4-1-3(15)2-5(16)6(4)8(12,13)14/h1-2,16H. The molecule has 1 aromatic carbocycles. The molecule has 1 N–H and O–H groups in total. The van der Waals surface area contributed by atoms with Gasteiger partial charge in [0.2, 0.25) is 0 Å². The molecule has 0 spiro atoms. The average molecular weight is 356 g/mol. The van der Waals surface area contributed by atoms with E-state index in [0.29, 0.717) is 12.1 Å². The van der Waals surface area contributed by atoms with Crippen LogP contribution in [0.5, 0.6) is 5.75 Å². The summed E-state index contributed by atoms with van der Waals surface area (Å²) in [6.07, 6.45) is -10.4. The van der Waals surface area contributed by atoms with Gasteiger partial charge >= 0.3 is 12.4 Å². The summed E-state index contributed by atoms with van der Waals surface area (Å²) in [6, 6.07) is 0.960. The van der Waals surface area contributed by atoms with Gasteiger partial charge in [-0.05, 0) is 34.7 Å². The number of phenols is 1. The van der Waals surface area contributed by atoms with E-state index in [4.69, 9.17) is 5.11 Å². The molecule has 0 heterocycles. The van der Waals surface area contributed by atoms with E-state index < -0.39 is 29.2 Å². The zero-order valence-electron chi connectivity index (χ0n) is 7.25. The summed E-state index contributed by atoms with van der Waals surface area (Å²) in [5.74, 6) is -1.42. The van der Waals surface area contributed by atoms with Crippen LogP contribution >= 0.6 is 22.6 Å². The summed E-state index contributed by atoms with van der Waals surface area (Å²) < 4.78 is 73.8. The van der Waals surface area contributed by atoms with Crippen LogP contribution in [0.4, 0.5) is 26.3 Å². The van der Waals surface area contributed by atoms with Gasteiger partial charge in [-0.1, -0.05) is 0 Å². The predicted octanol–water partition coefficient (Wildman–Crippen LogP) is 4.03. The Morgan fingerprint density at radius 1 is 0.938 bits per heavy atom. The summed E-state index contributed by atoms with van der Waals surface area (Å²) in [6.45, 7) is 0. The van der Waals surface area contributed by atoms with Gasteiger partial charge in [0.15, 0.2) is 0 Å². The molecule has 1 rings (SSSR count). The van der Waals surface area contributed by atoms with Gasteiger partial charge in [-0.2, -0.15) is 26.3 Å². The van der Waals surface area contributed by atoms with Gasteiger partial charge in [0.1, 0.15) is 11.3 Å². The van der Waals surface area contributed by atoms with Crippen LogP contribution in [0.25, 0.3) is 0 Å². The minimum absolute atomic E-state index is 0.129. The van der Waals surface area contributed by atoms with Gasteiger partial charge in [-0.25, -0.2) is 0 Å². The van der Waals surface area contributed by atoms with Crippen molar-refractivity contribution in [1.82, 2.24) is 0 Å². The third-order valence-electron chi connectivity index (χ3n) is 1.67. The molecular weight excluding hydrogens is 353 g/mol. The molecule has 1 nitrogen and oxygen atoms in total. The molecule has 0 radical (unpaired) electrons. The summed E-state index contributed by atoms with van der Waals surface area (Å²) in [4.78, 5) is 0. The van der Waals surface area contributed by atoms with Gasteiger partial charge in [-0.15, -0.1) is 0 Å². The molecule has 0 atom stereocenters. The van der Waals surface area contributed by atoms with E-state index in [1.807, 2.05) is 0 Å². The topological polar surface area (TPSA) is 20.2 Å². The van der Waals surface area contributed by atoms with Gasteiger partial charge in [0, 0.05) is 3.57 Å². The molecule has 0 fully saturated rings. The van der Waals surface area contributed by atoms with Crippen LogP contribution in [-0.2, 0) is 12.4 Å². The number of aromatic hydroxyl groups is 1. The molecule has 8 heteroatoms. The molecule has 0 bridgehead atoms. The van der Waals surface area contributed by atoms with E-state index in [1.54, 1.807) is 0 Å². The van der Waals surface area contributed by atoms with Gasteiger partial charge in [0.25, 0.3) is 0 Å². The van der Waals surface area contributed by atoms with E-state index in [0.717, 1.165) is 0 Å². The van der Waals surface area contributed by atoms with Crippen molar-refractivity contribution in [3.8, 4) is 5.75 Å². The Morgan fingerprint density at radius 2 is 1.44 bits per heavy atom. The Balaban J connectivity index is 3.58. The van der Waals surface area contributed by atoms with Crippen molar-refractivity contribution in [2.24, 2.45) is 0 Å². The first kappa shape index (κ1) is 13.4. The van der Waals surface area contributed by atoms with Crippen molar-refractivity contribution in [1.29, 1.82) is 0 Å². The third-order valence-corrected chi connectivity index (χ3v) is 2.29. The predicted molar refractivity (Wildman–Crippen MR) is 50.8 cm³/mol. The first-order chi connectivity index (χ1) is 7.03. The molecule has 90 valence electrons. The number of benzene rings is 1. The van der Waals surface area contributed by atoms with Crippen LogP contribution in [-0.4, -0.2) is 5.11 Å². The Labute approximate surface area is 99.2 Å². The van der Waals surface area contributed by atoms with Crippen LogP contribution in [0.2, 0.25) is 0 Å². The van der Waals surface area contributed by atoms with E-state index >= 15 is 0 Å². The Kier molecular flexibility index (Phi) is 3.32. The fourth-order valence-corrected chi connectivity index (χ4v) is 1.72. The highest BCUT2D eigenvalue weighted by Gasteiger charge is 2.45. The van der Waals surface area contributed by atoms with Crippen molar-refractivity contribution < 1.29 is 31.4 Å². The molecule has 0 aliphatic heterocycles. The Morgan fingerprint density at radius 3 is 1.81 bits per heavy atom. The first-order valence-corrected chi connectivity index (χ1v) is 4.78. The summed E-state index contributed by atoms with van der Waals surface area (Å²) >= 11 is 1.39. The lowest BCUT2D eigenvalue weighted by molar-refractivity contribution is -0.163. The lowest BCUT2D eigenvalue weighted by atomic mass is 10.1. The second-order valence-electron chi connectivity index (χ2n) is 2.84. The maximum absolute atomic E-state index is 12.3. The molecule has 16 heavy (non-hydrogen) atoms. The highest BCUT2D eigenvalue weighted by Crippen LogP contribution is 2.45. The number of phenolic OH excluding ortho intramolecular Hbond substituents is 1. The zero-order valence-corrected chi connectivity index (χ0v) is 9.41. The lowest BCUT2D eigenvalue weighted by Gasteiger charge is -2.16. The number of alkyl halides is 6. The van der Waals surface area contributed by atoms with E-state index in [9.17, 15) is 26.3 Å².